The Kier molecular flexibility index (Phi) is 5.40. The number of anilines is 1. The Morgan fingerprint density at radius 2 is 2.00 bits per heavy atom. The van der Waals surface area contributed by atoms with Crippen molar-refractivity contribution in [3.63, 3.8) is 0 Å². The Hall–Kier alpha value is -1.35. The number of aromatic nitrogens is 1. The molecule has 0 fully saturated rings. The number of hydrogen-bond acceptors (Lipinski definition) is 3. The zero-order chi connectivity index (χ0) is 15.4. The third kappa shape index (κ3) is 4.57. The third-order valence-electron chi connectivity index (χ3n) is 3.85. The van der Waals surface area contributed by atoms with Crippen LogP contribution in [-0.2, 0) is 6.54 Å². The van der Waals surface area contributed by atoms with Gasteiger partial charge in [-0.2, -0.15) is 0 Å². The van der Waals surface area contributed by atoms with Gasteiger partial charge in [0.1, 0.15) is 5.82 Å². The van der Waals surface area contributed by atoms with Crippen molar-refractivity contribution in [3.8, 4) is 0 Å². The Bertz CT molecular complexity index is 503. The molecule has 1 aromatic heterocycles. The van der Waals surface area contributed by atoms with E-state index in [1.165, 1.54) is 16.8 Å². The lowest BCUT2D eigenvalue weighted by atomic mass is 10.1. The van der Waals surface area contributed by atoms with Crippen molar-refractivity contribution in [3.05, 3.63) is 35.0 Å². The summed E-state index contributed by atoms with van der Waals surface area (Å²) in [6.07, 6.45) is 3.46. The molecule has 0 aromatic carbocycles. The van der Waals surface area contributed by atoms with Crippen molar-refractivity contribution in [2.75, 3.05) is 18.0 Å². The van der Waals surface area contributed by atoms with Crippen LogP contribution in [0.5, 0.6) is 0 Å². The van der Waals surface area contributed by atoms with Crippen LogP contribution in [0.25, 0.3) is 0 Å². The molecule has 21 heavy (non-hydrogen) atoms. The second kappa shape index (κ2) is 7.08. The quantitative estimate of drug-likeness (QED) is 0.834. The van der Waals surface area contributed by atoms with Gasteiger partial charge < -0.3 is 10.2 Å². The average molecular weight is 287 g/mol. The molecule has 0 spiro atoms. The van der Waals surface area contributed by atoms with E-state index in [2.05, 4.69) is 63.0 Å². The SMILES string of the molecule is CC1=CCCN(c2cc(CNC(C)C)cc(C(C)C)n2)C1. The van der Waals surface area contributed by atoms with Gasteiger partial charge in [0.05, 0.1) is 0 Å². The summed E-state index contributed by atoms with van der Waals surface area (Å²) in [5, 5.41) is 3.51. The second-order valence-electron chi connectivity index (χ2n) is 6.71. The Morgan fingerprint density at radius 1 is 1.24 bits per heavy atom. The van der Waals surface area contributed by atoms with E-state index in [0.29, 0.717) is 12.0 Å². The molecule has 0 saturated carbocycles. The summed E-state index contributed by atoms with van der Waals surface area (Å²) in [7, 11) is 0. The first-order valence-corrected chi connectivity index (χ1v) is 8.10. The normalized spacial score (nSPS) is 15.8. The Morgan fingerprint density at radius 3 is 2.62 bits per heavy atom. The van der Waals surface area contributed by atoms with Crippen LogP contribution >= 0.6 is 0 Å². The zero-order valence-electron chi connectivity index (χ0n) is 14.1. The van der Waals surface area contributed by atoms with Crippen LogP contribution in [0.15, 0.2) is 23.8 Å². The van der Waals surface area contributed by atoms with Gasteiger partial charge in [0.2, 0.25) is 0 Å². The highest BCUT2D eigenvalue weighted by atomic mass is 15.2. The van der Waals surface area contributed by atoms with Crippen molar-refractivity contribution in [1.82, 2.24) is 10.3 Å². The third-order valence-corrected chi connectivity index (χ3v) is 3.85. The van der Waals surface area contributed by atoms with Crippen LogP contribution in [-0.4, -0.2) is 24.1 Å². The summed E-state index contributed by atoms with van der Waals surface area (Å²) in [6.45, 7) is 14.0. The highest BCUT2D eigenvalue weighted by Crippen LogP contribution is 2.23. The molecule has 2 heterocycles. The number of nitrogens with one attached hydrogen (secondary N) is 1. The van der Waals surface area contributed by atoms with Crippen molar-refractivity contribution in [1.29, 1.82) is 0 Å². The maximum Gasteiger partial charge on any atom is 0.129 e. The van der Waals surface area contributed by atoms with E-state index in [1.54, 1.807) is 0 Å². The molecule has 116 valence electrons. The topological polar surface area (TPSA) is 28.2 Å². The van der Waals surface area contributed by atoms with Crippen LogP contribution in [0.4, 0.5) is 5.82 Å². The Labute approximate surface area is 129 Å². The molecular weight excluding hydrogens is 258 g/mol. The van der Waals surface area contributed by atoms with E-state index in [1.807, 2.05) is 0 Å². The lowest BCUT2D eigenvalue weighted by Gasteiger charge is -2.28. The monoisotopic (exact) mass is 287 g/mol. The van der Waals surface area contributed by atoms with Crippen LogP contribution in [0, 0.1) is 0 Å². The van der Waals surface area contributed by atoms with E-state index >= 15 is 0 Å². The smallest absolute Gasteiger partial charge is 0.129 e. The minimum atomic E-state index is 0.462. The molecule has 0 radical (unpaired) electrons. The van der Waals surface area contributed by atoms with Crippen molar-refractivity contribution in [2.45, 2.75) is 59.5 Å². The molecule has 0 unspecified atom stereocenters. The summed E-state index contributed by atoms with van der Waals surface area (Å²) < 4.78 is 0. The first-order chi connectivity index (χ1) is 9.95. The first kappa shape index (κ1) is 16.0. The van der Waals surface area contributed by atoms with Crippen molar-refractivity contribution in [2.24, 2.45) is 0 Å². The predicted molar refractivity (Wildman–Crippen MR) is 90.9 cm³/mol. The molecule has 0 atom stereocenters. The largest absolute Gasteiger partial charge is 0.352 e. The number of rotatable bonds is 5. The summed E-state index contributed by atoms with van der Waals surface area (Å²) >= 11 is 0. The van der Waals surface area contributed by atoms with Gasteiger partial charge in [0, 0.05) is 31.4 Å². The van der Waals surface area contributed by atoms with Crippen LogP contribution in [0.3, 0.4) is 0 Å². The molecule has 3 heteroatoms. The molecule has 2 rings (SSSR count). The van der Waals surface area contributed by atoms with Gasteiger partial charge in [-0.05, 0) is 37.0 Å². The van der Waals surface area contributed by atoms with Crippen LogP contribution in [0.2, 0.25) is 0 Å². The fraction of sp³-hybridized carbons (Fsp3) is 0.611. The maximum atomic E-state index is 4.89. The van der Waals surface area contributed by atoms with Gasteiger partial charge in [-0.3, -0.25) is 0 Å². The molecule has 1 aliphatic heterocycles. The molecular formula is C18H29N3. The molecule has 1 aromatic rings. The molecule has 0 aliphatic carbocycles. The minimum Gasteiger partial charge on any atom is -0.352 e. The van der Waals surface area contributed by atoms with E-state index in [0.717, 1.165) is 31.9 Å². The van der Waals surface area contributed by atoms with E-state index in [-0.39, 0.29) is 0 Å². The van der Waals surface area contributed by atoms with Crippen LogP contribution in [0.1, 0.15) is 58.2 Å². The number of pyridine rings is 1. The van der Waals surface area contributed by atoms with E-state index < -0.39 is 0 Å². The lowest BCUT2D eigenvalue weighted by molar-refractivity contribution is 0.587. The standard InChI is InChI=1S/C18H29N3/c1-13(2)17-9-16(11-19-14(3)4)10-18(20-17)21-8-6-7-15(5)12-21/h7,9-10,13-14,19H,6,8,11-12H2,1-5H3. The van der Waals surface area contributed by atoms with Crippen LogP contribution < -0.4 is 10.2 Å². The van der Waals surface area contributed by atoms with Crippen molar-refractivity contribution >= 4 is 5.82 Å². The van der Waals surface area contributed by atoms with Gasteiger partial charge in [-0.25, -0.2) is 4.98 Å². The average Bonchev–Trinajstić information content (AvgIpc) is 2.44. The Balaban J connectivity index is 2.25. The van der Waals surface area contributed by atoms with Gasteiger partial charge in [0.15, 0.2) is 0 Å². The predicted octanol–water partition coefficient (Wildman–Crippen LogP) is 3.86. The zero-order valence-corrected chi connectivity index (χ0v) is 14.1. The summed E-state index contributed by atoms with van der Waals surface area (Å²) in [6, 6.07) is 5.00. The molecule has 3 nitrogen and oxygen atoms in total. The first-order valence-electron chi connectivity index (χ1n) is 8.10. The summed E-state index contributed by atoms with van der Waals surface area (Å²) in [5.41, 5.74) is 3.98. The fourth-order valence-electron chi connectivity index (χ4n) is 2.58. The molecule has 1 aliphatic rings. The maximum absolute atomic E-state index is 4.89. The number of hydrogen-bond donors (Lipinski definition) is 1. The van der Waals surface area contributed by atoms with Crippen molar-refractivity contribution < 1.29 is 0 Å². The highest BCUT2D eigenvalue weighted by Gasteiger charge is 2.15. The molecule has 0 bridgehead atoms. The lowest BCUT2D eigenvalue weighted by Crippen LogP contribution is -2.30. The molecule has 0 saturated heterocycles. The van der Waals surface area contributed by atoms with Gasteiger partial charge >= 0.3 is 0 Å². The van der Waals surface area contributed by atoms with Gasteiger partial charge in [-0.15, -0.1) is 0 Å². The van der Waals surface area contributed by atoms with E-state index in [4.69, 9.17) is 4.98 Å². The molecule has 1 N–H and O–H groups in total. The summed E-state index contributed by atoms with van der Waals surface area (Å²) in [4.78, 5) is 7.29. The fourth-order valence-corrected chi connectivity index (χ4v) is 2.58. The van der Waals surface area contributed by atoms with Gasteiger partial charge in [0.25, 0.3) is 0 Å². The minimum absolute atomic E-state index is 0.462. The summed E-state index contributed by atoms with van der Waals surface area (Å²) in [5.74, 6) is 1.60. The van der Waals surface area contributed by atoms with Gasteiger partial charge in [-0.1, -0.05) is 39.3 Å². The highest BCUT2D eigenvalue weighted by molar-refractivity contribution is 5.45. The second-order valence-corrected chi connectivity index (χ2v) is 6.71. The molecule has 0 amide bonds. The van der Waals surface area contributed by atoms with E-state index in [9.17, 15) is 0 Å². The number of nitrogens with zero attached hydrogens (tertiary/aromatic N) is 2.